The van der Waals surface area contributed by atoms with E-state index in [-0.39, 0.29) is 0 Å². The summed E-state index contributed by atoms with van der Waals surface area (Å²) in [6.07, 6.45) is 2.56. The average molecular weight is 232 g/mol. The van der Waals surface area contributed by atoms with E-state index in [0.717, 1.165) is 17.8 Å². The standard InChI is InChI=1S/C11H12N4S/c1-2-10-13-14-11(16)15(10)12-8-9-6-4-3-5-7-9/h3-8H,2H2,1H3,(H,14,16)/b12-8+. The Labute approximate surface area is 98.6 Å². The smallest absolute Gasteiger partial charge is 0.216 e. The van der Waals surface area contributed by atoms with Crippen molar-refractivity contribution in [3.63, 3.8) is 0 Å². The van der Waals surface area contributed by atoms with E-state index in [2.05, 4.69) is 15.3 Å². The first kappa shape index (κ1) is 10.8. The maximum atomic E-state index is 5.09. The minimum absolute atomic E-state index is 0.518. The number of hydrogen-bond acceptors (Lipinski definition) is 3. The third kappa shape index (κ3) is 2.25. The van der Waals surface area contributed by atoms with Crippen LogP contribution in [0.2, 0.25) is 0 Å². The highest BCUT2D eigenvalue weighted by Crippen LogP contribution is 1.99. The van der Waals surface area contributed by atoms with Gasteiger partial charge in [0.25, 0.3) is 0 Å². The van der Waals surface area contributed by atoms with Crippen molar-refractivity contribution in [2.75, 3.05) is 0 Å². The Bertz CT molecular complexity index is 539. The molecule has 0 aliphatic carbocycles. The van der Waals surface area contributed by atoms with Gasteiger partial charge < -0.3 is 0 Å². The average Bonchev–Trinajstić information content (AvgIpc) is 2.69. The van der Waals surface area contributed by atoms with Crippen LogP contribution in [0.4, 0.5) is 0 Å². The van der Waals surface area contributed by atoms with Crippen molar-refractivity contribution in [3.05, 3.63) is 46.5 Å². The van der Waals surface area contributed by atoms with Gasteiger partial charge in [-0.15, -0.1) is 0 Å². The molecule has 5 heteroatoms. The molecule has 1 heterocycles. The molecule has 0 amide bonds. The monoisotopic (exact) mass is 232 g/mol. The molecule has 2 rings (SSSR count). The van der Waals surface area contributed by atoms with Crippen LogP contribution in [-0.4, -0.2) is 21.1 Å². The molecule has 0 saturated heterocycles. The summed E-state index contributed by atoms with van der Waals surface area (Å²) in [6, 6.07) is 9.88. The summed E-state index contributed by atoms with van der Waals surface area (Å²) >= 11 is 5.09. The molecule has 0 fully saturated rings. The van der Waals surface area contributed by atoms with E-state index >= 15 is 0 Å². The second-order valence-corrected chi connectivity index (χ2v) is 3.65. The van der Waals surface area contributed by atoms with Crippen LogP contribution in [0.15, 0.2) is 35.4 Å². The molecule has 0 aliphatic heterocycles. The summed E-state index contributed by atoms with van der Waals surface area (Å²) in [6.45, 7) is 2.01. The van der Waals surface area contributed by atoms with Crippen LogP contribution in [0.5, 0.6) is 0 Å². The molecular weight excluding hydrogens is 220 g/mol. The quantitative estimate of drug-likeness (QED) is 0.652. The van der Waals surface area contributed by atoms with Gasteiger partial charge in [0.2, 0.25) is 4.77 Å². The third-order valence-electron chi connectivity index (χ3n) is 2.16. The van der Waals surface area contributed by atoms with Gasteiger partial charge in [0.1, 0.15) is 0 Å². The van der Waals surface area contributed by atoms with Crippen molar-refractivity contribution >= 4 is 18.4 Å². The van der Waals surface area contributed by atoms with E-state index in [4.69, 9.17) is 12.2 Å². The number of H-pyrrole nitrogens is 1. The van der Waals surface area contributed by atoms with Crippen LogP contribution in [-0.2, 0) is 6.42 Å². The predicted octanol–water partition coefficient (Wildman–Crippen LogP) is 2.39. The molecular formula is C11H12N4S. The van der Waals surface area contributed by atoms with Gasteiger partial charge in [-0.1, -0.05) is 37.3 Å². The number of nitrogens with zero attached hydrogens (tertiary/aromatic N) is 3. The molecule has 2 aromatic rings. The lowest BCUT2D eigenvalue weighted by Crippen LogP contribution is -1.97. The van der Waals surface area contributed by atoms with Gasteiger partial charge in [-0.25, -0.2) is 0 Å². The first-order valence-corrected chi connectivity index (χ1v) is 5.48. The van der Waals surface area contributed by atoms with Crippen molar-refractivity contribution < 1.29 is 0 Å². The maximum Gasteiger partial charge on any atom is 0.216 e. The zero-order valence-electron chi connectivity index (χ0n) is 8.92. The molecule has 4 nitrogen and oxygen atoms in total. The number of aryl methyl sites for hydroxylation is 1. The van der Waals surface area contributed by atoms with Gasteiger partial charge in [0, 0.05) is 6.42 Å². The minimum Gasteiger partial charge on any atom is -0.250 e. The second kappa shape index (κ2) is 4.85. The van der Waals surface area contributed by atoms with E-state index in [1.54, 1.807) is 10.9 Å². The summed E-state index contributed by atoms with van der Waals surface area (Å²) < 4.78 is 2.16. The second-order valence-electron chi connectivity index (χ2n) is 3.27. The number of benzene rings is 1. The Morgan fingerprint density at radius 1 is 1.44 bits per heavy atom. The molecule has 0 aliphatic rings. The molecule has 16 heavy (non-hydrogen) atoms. The minimum atomic E-state index is 0.518. The zero-order valence-corrected chi connectivity index (χ0v) is 9.74. The fourth-order valence-electron chi connectivity index (χ4n) is 1.34. The van der Waals surface area contributed by atoms with Crippen LogP contribution in [0.1, 0.15) is 18.3 Å². The van der Waals surface area contributed by atoms with Crippen molar-refractivity contribution in [1.29, 1.82) is 0 Å². The molecule has 1 N–H and O–H groups in total. The van der Waals surface area contributed by atoms with Crippen LogP contribution in [0.25, 0.3) is 0 Å². The topological polar surface area (TPSA) is 46.0 Å². The first-order valence-electron chi connectivity index (χ1n) is 5.07. The number of aromatic nitrogens is 3. The Morgan fingerprint density at radius 3 is 2.88 bits per heavy atom. The zero-order chi connectivity index (χ0) is 11.4. The highest BCUT2D eigenvalue weighted by atomic mass is 32.1. The van der Waals surface area contributed by atoms with E-state index in [9.17, 15) is 0 Å². The SMILES string of the molecule is CCc1n[nH]c(=S)n1/N=C/c1ccccc1. The number of nitrogens with one attached hydrogen (secondary N) is 1. The molecule has 1 aromatic heterocycles. The van der Waals surface area contributed by atoms with Gasteiger partial charge in [-0.2, -0.15) is 14.9 Å². The Balaban J connectivity index is 2.30. The fourth-order valence-corrected chi connectivity index (χ4v) is 1.53. The maximum absolute atomic E-state index is 5.09. The lowest BCUT2D eigenvalue weighted by atomic mass is 10.2. The van der Waals surface area contributed by atoms with Gasteiger partial charge >= 0.3 is 0 Å². The molecule has 0 saturated carbocycles. The molecule has 82 valence electrons. The molecule has 1 aromatic carbocycles. The fraction of sp³-hybridized carbons (Fsp3) is 0.182. The normalized spacial score (nSPS) is 11.1. The number of rotatable bonds is 3. The highest BCUT2D eigenvalue weighted by Gasteiger charge is 2.00. The van der Waals surface area contributed by atoms with Crippen molar-refractivity contribution in [1.82, 2.24) is 14.9 Å². The van der Waals surface area contributed by atoms with Crippen molar-refractivity contribution in [2.45, 2.75) is 13.3 Å². The van der Waals surface area contributed by atoms with E-state index in [1.807, 2.05) is 37.3 Å². The molecule has 0 spiro atoms. The largest absolute Gasteiger partial charge is 0.250 e. The highest BCUT2D eigenvalue weighted by molar-refractivity contribution is 7.71. The number of aromatic amines is 1. The van der Waals surface area contributed by atoms with E-state index < -0.39 is 0 Å². The molecule has 0 atom stereocenters. The van der Waals surface area contributed by atoms with Crippen LogP contribution in [0, 0.1) is 4.77 Å². The van der Waals surface area contributed by atoms with Gasteiger partial charge in [-0.05, 0) is 17.8 Å². The summed E-state index contributed by atoms with van der Waals surface area (Å²) in [5.41, 5.74) is 1.03. The summed E-state index contributed by atoms with van der Waals surface area (Å²) in [5, 5.41) is 11.1. The Hall–Kier alpha value is -1.75. The van der Waals surface area contributed by atoms with Crippen LogP contribution >= 0.6 is 12.2 Å². The molecule has 0 radical (unpaired) electrons. The summed E-state index contributed by atoms with van der Waals surface area (Å²) in [4.78, 5) is 0. The summed E-state index contributed by atoms with van der Waals surface area (Å²) in [5.74, 6) is 0.831. The van der Waals surface area contributed by atoms with Gasteiger partial charge in [-0.3, -0.25) is 5.10 Å². The number of hydrogen-bond donors (Lipinski definition) is 1. The van der Waals surface area contributed by atoms with E-state index in [1.165, 1.54) is 0 Å². The van der Waals surface area contributed by atoms with Crippen molar-refractivity contribution in [3.8, 4) is 0 Å². The lowest BCUT2D eigenvalue weighted by molar-refractivity contribution is 0.780. The predicted molar refractivity (Wildman–Crippen MR) is 66.2 cm³/mol. The van der Waals surface area contributed by atoms with Crippen molar-refractivity contribution in [2.24, 2.45) is 5.10 Å². The molecule has 0 bridgehead atoms. The van der Waals surface area contributed by atoms with Gasteiger partial charge in [0.05, 0.1) is 6.21 Å². The van der Waals surface area contributed by atoms with E-state index in [0.29, 0.717) is 4.77 Å². The third-order valence-corrected chi connectivity index (χ3v) is 2.42. The Morgan fingerprint density at radius 2 is 2.19 bits per heavy atom. The van der Waals surface area contributed by atoms with Crippen LogP contribution in [0.3, 0.4) is 0 Å². The van der Waals surface area contributed by atoms with Gasteiger partial charge in [0.15, 0.2) is 5.82 Å². The lowest BCUT2D eigenvalue weighted by Gasteiger charge is -1.96. The first-order chi connectivity index (χ1) is 7.81. The Kier molecular flexibility index (Phi) is 3.26. The molecule has 0 unspecified atom stereocenters. The van der Waals surface area contributed by atoms with Crippen LogP contribution < -0.4 is 0 Å². The summed E-state index contributed by atoms with van der Waals surface area (Å²) in [7, 11) is 0.